The van der Waals surface area contributed by atoms with Crippen molar-refractivity contribution in [3.63, 3.8) is 0 Å². The van der Waals surface area contributed by atoms with Crippen molar-refractivity contribution in [2.45, 2.75) is 76.2 Å². The van der Waals surface area contributed by atoms with Crippen LogP contribution in [0.5, 0.6) is 0 Å². The van der Waals surface area contributed by atoms with Crippen molar-refractivity contribution in [3.05, 3.63) is 52.9 Å². The summed E-state index contributed by atoms with van der Waals surface area (Å²) in [6, 6.07) is 7.73. The Labute approximate surface area is 205 Å². The molecule has 34 heavy (non-hydrogen) atoms. The number of hydrogen-bond acceptors (Lipinski definition) is 4. The number of benzene rings is 1. The van der Waals surface area contributed by atoms with Crippen LogP contribution in [-0.2, 0) is 21.9 Å². The average Bonchev–Trinajstić information content (AvgIpc) is 3.23. The molecule has 0 amide bonds. The van der Waals surface area contributed by atoms with Crippen LogP contribution in [0.15, 0.2) is 40.9 Å². The first-order valence-electron chi connectivity index (χ1n) is 12.5. The second-order valence-electron chi connectivity index (χ2n) is 11.3. The van der Waals surface area contributed by atoms with Crippen LogP contribution in [0.4, 0.5) is 0 Å². The van der Waals surface area contributed by atoms with E-state index in [9.17, 15) is 8.42 Å². The second-order valence-corrected chi connectivity index (χ2v) is 13.2. The standard InChI is InChI=1S/C27H40N4O2S/c1-7-8-9-25(30(5)6)27-17-20-18-28-29-24(20)16-22(27)14-15-31(19-27)34(32,33)23-12-10-21(11-13-23)26(2,3)4/h10-13,16,18,25H,7-9,14-15,17,19H2,1-6H3,(H,28,29)/t25-,27?/m0/s1. The zero-order chi connectivity index (χ0) is 24.7. The van der Waals surface area contributed by atoms with Gasteiger partial charge in [0, 0.05) is 24.5 Å². The lowest BCUT2D eigenvalue weighted by Crippen LogP contribution is -2.58. The molecule has 0 bridgehead atoms. The Hall–Kier alpha value is -1.96. The van der Waals surface area contributed by atoms with Gasteiger partial charge < -0.3 is 4.90 Å². The van der Waals surface area contributed by atoms with Gasteiger partial charge in [-0.25, -0.2) is 8.42 Å². The summed E-state index contributed by atoms with van der Waals surface area (Å²) in [5.74, 6) is 0. The fourth-order valence-corrected chi connectivity index (χ4v) is 7.33. The lowest BCUT2D eigenvalue weighted by atomic mass is 9.63. The minimum Gasteiger partial charge on any atom is -0.306 e. The lowest BCUT2D eigenvalue weighted by molar-refractivity contribution is 0.0807. The van der Waals surface area contributed by atoms with Crippen LogP contribution in [0, 0.1) is 5.41 Å². The molecule has 0 saturated carbocycles. The zero-order valence-electron chi connectivity index (χ0n) is 21.6. The minimum atomic E-state index is -3.59. The summed E-state index contributed by atoms with van der Waals surface area (Å²) in [6.45, 7) is 9.65. The SMILES string of the molecule is CCCC[C@H](N(C)C)C12Cc3cn[nH]c3C=C1CCN(S(=O)(=O)c1ccc(C(C)(C)C)cc1)C2. The molecule has 1 aromatic carbocycles. The number of rotatable bonds is 7. The Morgan fingerprint density at radius 2 is 1.91 bits per heavy atom. The first-order chi connectivity index (χ1) is 16.0. The van der Waals surface area contributed by atoms with E-state index in [1.807, 2.05) is 18.3 Å². The molecular formula is C27H40N4O2S. The average molecular weight is 485 g/mol. The summed E-state index contributed by atoms with van der Waals surface area (Å²) in [4.78, 5) is 2.70. The maximum Gasteiger partial charge on any atom is 0.243 e. The van der Waals surface area contributed by atoms with E-state index in [4.69, 9.17) is 0 Å². The van der Waals surface area contributed by atoms with E-state index in [0.717, 1.165) is 43.4 Å². The molecule has 6 nitrogen and oxygen atoms in total. The molecule has 186 valence electrons. The van der Waals surface area contributed by atoms with Crippen LogP contribution < -0.4 is 0 Å². The van der Waals surface area contributed by atoms with Crippen LogP contribution in [0.1, 0.15) is 70.2 Å². The van der Waals surface area contributed by atoms with Crippen molar-refractivity contribution in [2.24, 2.45) is 5.41 Å². The third-order valence-electron chi connectivity index (χ3n) is 7.75. The lowest BCUT2D eigenvalue weighted by Gasteiger charge is -2.52. The quantitative estimate of drug-likeness (QED) is 0.610. The number of aromatic nitrogens is 2. The van der Waals surface area contributed by atoms with Crippen molar-refractivity contribution in [3.8, 4) is 0 Å². The molecule has 4 rings (SSSR count). The van der Waals surface area contributed by atoms with Crippen molar-refractivity contribution in [1.29, 1.82) is 0 Å². The molecule has 2 heterocycles. The van der Waals surface area contributed by atoms with Crippen molar-refractivity contribution in [2.75, 3.05) is 27.2 Å². The van der Waals surface area contributed by atoms with Gasteiger partial charge in [-0.2, -0.15) is 9.40 Å². The fourth-order valence-electron chi connectivity index (χ4n) is 5.82. The minimum absolute atomic E-state index is 0.0141. The van der Waals surface area contributed by atoms with Crippen molar-refractivity contribution in [1.82, 2.24) is 19.4 Å². The third kappa shape index (κ3) is 4.50. The molecule has 7 heteroatoms. The van der Waals surface area contributed by atoms with Crippen LogP contribution in [0.25, 0.3) is 6.08 Å². The Balaban J connectivity index is 1.72. The Morgan fingerprint density at radius 3 is 2.53 bits per heavy atom. The highest BCUT2D eigenvalue weighted by Crippen LogP contribution is 2.49. The van der Waals surface area contributed by atoms with Gasteiger partial charge in [-0.1, -0.05) is 58.2 Å². The highest BCUT2D eigenvalue weighted by Gasteiger charge is 2.50. The molecule has 1 aliphatic heterocycles. The van der Waals surface area contributed by atoms with Crippen LogP contribution in [-0.4, -0.2) is 61.0 Å². The summed E-state index contributed by atoms with van der Waals surface area (Å²) in [5.41, 5.74) is 4.48. The zero-order valence-corrected chi connectivity index (χ0v) is 22.4. The van der Waals surface area contributed by atoms with Crippen LogP contribution >= 0.6 is 0 Å². The van der Waals surface area contributed by atoms with Gasteiger partial charge in [0.15, 0.2) is 0 Å². The molecular weight excluding hydrogens is 444 g/mol. The summed E-state index contributed by atoms with van der Waals surface area (Å²) in [5, 5.41) is 7.42. The van der Waals surface area contributed by atoms with Gasteiger partial charge in [0.2, 0.25) is 10.0 Å². The van der Waals surface area contributed by atoms with Gasteiger partial charge in [0.1, 0.15) is 0 Å². The maximum atomic E-state index is 13.8. The fraction of sp³-hybridized carbons (Fsp3) is 0.593. The number of sulfonamides is 1. The third-order valence-corrected chi connectivity index (χ3v) is 9.61. The van der Waals surface area contributed by atoms with Gasteiger partial charge in [0.25, 0.3) is 0 Å². The normalized spacial score (nSPS) is 22.3. The van der Waals surface area contributed by atoms with Gasteiger partial charge in [-0.3, -0.25) is 5.10 Å². The van der Waals surface area contributed by atoms with Gasteiger partial charge in [-0.05, 0) is 68.1 Å². The van der Waals surface area contributed by atoms with E-state index in [1.165, 1.54) is 11.1 Å². The summed E-state index contributed by atoms with van der Waals surface area (Å²) in [7, 11) is 0.678. The molecule has 1 saturated heterocycles. The van der Waals surface area contributed by atoms with E-state index in [2.05, 4.69) is 63.0 Å². The first kappa shape index (κ1) is 25.1. The Morgan fingerprint density at radius 1 is 1.21 bits per heavy atom. The van der Waals surface area contributed by atoms with E-state index >= 15 is 0 Å². The maximum absolute atomic E-state index is 13.8. The molecule has 2 aliphatic rings. The van der Waals surface area contributed by atoms with Crippen LogP contribution in [0.3, 0.4) is 0 Å². The van der Waals surface area contributed by atoms with E-state index in [-0.39, 0.29) is 16.9 Å². The summed E-state index contributed by atoms with van der Waals surface area (Å²) < 4.78 is 29.4. The summed E-state index contributed by atoms with van der Waals surface area (Å²) in [6.07, 6.45) is 9.00. The highest BCUT2D eigenvalue weighted by atomic mass is 32.2. The molecule has 1 unspecified atom stereocenters. The number of aromatic amines is 1. The molecule has 1 aromatic heterocycles. The predicted molar refractivity (Wildman–Crippen MR) is 138 cm³/mol. The van der Waals surface area contributed by atoms with Crippen molar-refractivity contribution < 1.29 is 8.42 Å². The van der Waals surface area contributed by atoms with E-state index < -0.39 is 10.0 Å². The summed E-state index contributed by atoms with van der Waals surface area (Å²) >= 11 is 0. The Kier molecular flexibility index (Phi) is 6.84. The Bertz CT molecular complexity index is 1140. The molecule has 0 radical (unpaired) electrons. The molecule has 2 aromatic rings. The number of piperidine rings is 1. The number of unbranched alkanes of at least 4 members (excludes halogenated alkanes) is 1. The van der Waals surface area contributed by atoms with E-state index in [0.29, 0.717) is 18.0 Å². The first-order valence-corrected chi connectivity index (χ1v) is 13.9. The van der Waals surface area contributed by atoms with Gasteiger partial charge in [-0.15, -0.1) is 0 Å². The molecule has 1 fully saturated rings. The predicted octanol–water partition coefficient (Wildman–Crippen LogP) is 4.85. The smallest absolute Gasteiger partial charge is 0.243 e. The molecule has 0 spiro atoms. The largest absolute Gasteiger partial charge is 0.306 e. The second kappa shape index (κ2) is 9.25. The molecule has 1 aliphatic carbocycles. The number of nitrogens with one attached hydrogen (secondary N) is 1. The molecule has 2 atom stereocenters. The van der Waals surface area contributed by atoms with Crippen molar-refractivity contribution >= 4 is 16.1 Å². The topological polar surface area (TPSA) is 69.3 Å². The molecule has 1 N–H and O–H groups in total. The number of hydrogen-bond donors (Lipinski definition) is 1. The monoisotopic (exact) mass is 484 g/mol. The van der Waals surface area contributed by atoms with E-state index in [1.54, 1.807) is 16.4 Å². The number of fused-ring (bicyclic) bond motifs is 2. The van der Waals surface area contributed by atoms with Crippen LogP contribution in [0.2, 0.25) is 0 Å². The number of nitrogens with zero attached hydrogens (tertiary/aromatic N) is 3. The highest BCUT2D eigenvalue weighted by molar-refractivity contribution is 7.89. The number of H-pyrrole nitrogens is 1. The van der Waals surface area contributed by atoms with Gasteiger partial charge >= 0.3 is 0 Å². The van der Waals surface area contributed by atoms with Gasteiger partial charge in [0.05, 0.1) is 16.8 Å².